The van der Waals surface area contributed by atoms with Crippen LogP contribution in [-0.2, 0) is 11.4 Å². The number of aliphatic hydroxyl groups is 1. The van der Waals surface area contributed by atoms with Crippen molar-refractivity contribution in [2.45, 2.75) is 19.6 Å². The van der Waals surface area contributed by atoms with E-state index < -0.39 is 6.10 Å². The van der Waals surface area contributed by atoms with Gasteiger partial charge in [0, 0.05) is 7.05 Å². The maximum Gasteiger partial charge on any atom is 0.260 e. The third kappa shape index (κ3) is 3.35. The minimum absolute atomic E-state index is 0.0886. The molecule has 0 saturated heterocycles. The molecule has 5 nitrogen and oxygen atoms in total. The van der Waals surface area contributed by atoms with Crippen LogP contribution in [0.2, 0.25) is 0 Å². The van der Waals surface area contributed by atoms with Crippen molar-refractivity contribution < 1.29 is 19.4 Å². The molecule has 0 aliphatic rings. The van der Waals surface area contributed by atoms with Crippen molar-refractivity contribution in [3.8, 4) is 11.5 Å². The first-order valence-electron chi connectivity index (χ1n) is 5.28. The Hall–Kier alpha value is -1.75. The SMILES string of the molecule is CNC(=O)C(C)Oc1cc(CO)ccc1OC. The van der Waals surface area contributed by atoms with Crippen LogP contribution < -0.4 is 14.8 Å². The Balaban J connectivity index is 2.91. The van der Waals surface area contributed by atoms with Gasteiger partial charge in [0.05, 0.1) is 13.7 Å². The summed E-state index contributed by atoms with van der Waals surface area (Å²) in [7, 11) is 3.06. The summed E-state index contributed by atoms with van der Waals surface area (Å²) in [6.07, 6.45) is -0.622. The first-order valence-corrected chi connectivity index (χ1v) is 5.28. The van der Waals surface area contributed by atoms with Crippen LogP contribution in [0.1, 0.15) is 12.5 Å². The molecule has 0 aromatic heterocycles. The van der Waals surface area contributed by atoms with Gasteiger partial charge in [-0.25, -0.2) is 0 Å². The number of nitrogens with one attached hydrogen (secondary N) is 1. The molecule has 1 aromatic carbocycles. The fourth-order valence-electron chi connectivity index (χ4n) is 1.36. The van der Waals surface area contributed by atoms with Crippen molar-refractivity contribution in [2.24, 2.45) is 0 Å². The molecule has 17 heavy (non-hydrogen) atoms. The van der Waals surface area contributed by atoms with Crippen molar-refractivity contribution in [3.05, 3.63) is 23.8 Å². The minimum atomic E-state index is -0.622. The predicted molar refractivity (Wildman–Crippen MR) is 63.1 cm³/mol. The highest BCUT2D eigenvalue weighted by molar-refractivity contribution is 5.80. The van der Waals surface area contributed by atoms with Crippen LogP contribution in [0.5, 0.6) is 11.5 Å². The molecule has 0 aliphatic heterocycles. The minimum Gasteiger partial charge on any atom is -0.493 e. The molecule has 94 valence electrons. The van der Waals surface area contributed by atoms with Crippen LogP contribution in [0.15, 0.2) is 18.2 Å². The van der Waals surface area contributed by atoms with Crippen LogP contribution >= 0.6 is 0 Å². The monoisotopic (exact) mass is 239 g/mol. The molecule has 2 N–H and O–H groups in total. The molecular weight excluding hydrogens is 222 g/mol. The van der Waals surface area contributed by atoms with E-state index in [2.05, 4.69) is 5.32 Å². The third-order valence-electron chi connectivity index (χ3n) is 2.33. The molecule has 1 rings (SSSR count). The van der Waals surface area contributed by atoms with E-state index in [1.165, 1.54) is 7.11 Å². The average Bonchev–Trinajstić information content (AvgIpc) is 2.37. The molecular formula is C12H17NO4. The summed E-state index contributed by atoms with van der Waals surface area (Å²) in [5.74, 6) is 0.745. The van der Waals surface area contributed by atoms with Gasteiger partial charge in [0.15, 0.2) is 17.6 Å². The van der Waals surface area contributed by atoms with Crippen LogP contribution in [0.4, 0.5) is 0 Å². The van der Waals surface area contributed by atoms with Gasteiger partial charge in [-0.1, -0.05) is 6.07 Å². The van der Waals surface area contributed by atoms with Crippen LogP contribution in [0, 0.1) is 0 Å². The second-order valence-electron chi connectivity index (χ2n) is 3.52. The van der Waals surface area contributed by atoms with E-state index in [4.69, 9.17) is 14.6 Å². The lowest BCUT2D eigenvalue weighted by atomic mass is 10.2. The molecule has 0 saturated carbocycles. The molecule has 1 unspecified atom stereocenters. The van der Waals surface area contributed by atoms with Gasteiger partial charge in [-0.05, 0) is 24.6 Å². The van der Waals surface area contributed by atoms with Gasteiger partial charge in [-0.3, -0.25) is 4.79 Å². The number of aliphatic hydroxyl groups excluding tert-OH is 1. The Morgan fingerprint density at radius 1 is 1.47 bits per heavy atom. The highest BCUT2D eigenvalue weighted by Gasteiger charge is 2.15. The maximum absolute atomic E-state index is 11.3. The van der Waals surface area contributed by atoms with Gasteiger partial charge in [-0.15, -0.1) is 0 Å². The highest BCUT2D eigenvalue weighted by Crippen LogP contribution is 2.29. The van der Waals surface area contributed by atoms with E-state index in [-0.39, 0.29) is 12.5 Å². The summed E-state index contributed by atoms with van der Waals surface area (Å²) < 4.78 is 10.6. The number of carbonyl (C=O) groups excluding carboxylic acids is 1. The molecule has 1 atom stereocenters. The zero-order valence-corrected chi connectivity index (χ0v) is 10.2. The number of ether oxygens (including phenoxy) is 2. The van der Waals surface area contributed by atoms with E-state index in [0.29, 0.717) is 17.1 Å². The second kappa shape index (κ2) is 6.10. The standard InChI is InChI=1S/C12H17NO4/c1-8(12(15)13-2)17-11-6-9(7-14)4-5-10(11)16-3/h4-6,8,14H,7H2,1-3H3,(H,13,15). The Labute approximate surface area is 100 Å². The molecule has 0 aliphatic carbocycles. The zero-order valence-electron chi connectivity index (χ0n) is 10.2. The molecule has 1 aromatic rings. The van der Waals surface area contributed by atoms with E-state index >= 15 is 0 Å². The molecule has 0 radical (unpaired) electrons. The fourth-order valence-corrected chi connectivity index (χ4v) is 1.36. The van der Waals surface area contributed by atoms with Crippen molar-refractivity contribution in [2.75, 3.05) is 14.2 Å². The van der Waals surface area contributed by atoms with Crippen LogP contribution in [0.25, 0.3) is 0 Å². The number of benzene rings is 1. The number of carbonyl (C=O) groups is 1. The lowest BCUT2D eigenvalue weighted by molar-refractivity contribution is -0.126. The predicted octanol–water partition coefficient (Wildman–Crippen LogP) is 0.701. The number of amides is 1. The smallest absolute Gasteiger partial charge is 0.260 e. The van der Waals surface area contributed by atoms with Gasteiger partial charge in [0.25, 0.3) is 5.91 Å². The van der Waals surface area contributed by atoms with Crippen molar-refractivity contribution >= 4 is 5.91 Å². The Morgan fingerprint density at radius 2 is 2.18 bits per heavy atom. The maximum atomic E-state index is 11.3. The molecule has 0 spiro atoms. The van der Waals surface area contributed by atoms with Gasteiger partial charge in [-0.2, -0.15) is 0 Å². The lowest BCUT2D eigenvalue weighted by Gasteiger charge is -2.16. The van der Waals surface area contributed by atoms with Crippen molar-refractivity contribution in [1.29, 1.82) is 0 Å². The summed E-state index contributed by atoms with van der Waals surface area (Å²) in [6.45, 7) is 1.55. The van der Waals surface area contributed by atoms with Gasteiger partial charge < -0.3 is 19.9 Å². The topological polar surface area (TPSA) is 67.8 Å². The first-order chi connectivity index (χ1) is 8.12. The van der Waals surface area contributed by atoms with E-state index in [0.717, 1.165) is 0 Å². The van der Waals surface area contributed by atoms with Crippen molar-refractivity contribution in [3.63, 3.8) is 0 Å². The van der Waals surface area contributed by atoms with Gasteiger partial charge in [0.1, 0.15) is 0 Å². The number of hydrogen-bond donors (Lipinski definition) is 2. The lowest BCUT2D eigenvalue weighted by Crippen LogP contribution is -2.33. The number of methoxy groups -OCH3 is 1. The Kier molecular flexibility index (Phi) is 4.78. The Morgan fingerprint density at radius 3 is 2.71 bits per heavy atom. The highest BCUT2D eigenvalue weighted by atomic mass is 16.5. The summed E-state index contributed by atoms with van der Waals surface area (Å²) in [5, 5.41) is 11.5. The van der Waals surface area contributed by atoms with E-state index in [9.17, 15) is 4.79 Å². The van der Waals surface area contributed by atoms with Gasteiger partial charge in [0.2, 0.25) is 0 Å². The quantitative estimate of drug-likeness (QED) is 0.793. The van der Waals surface area contributed by atoms with Crippen LogP contribution in [-0.4, -0.2) is 31.3 Å². The second-order valence-corrected chi connectivity index (χ2v) is 3.52. The number of likely N-dealkylation sites (N-methyl/N-ethyl adjacent to an activating group) is 1. The molecule has 1 amide bonds. The van der Waals surface area contributed by atoms with E-state index in [1.54, 1.807) is 32.2 Å². The summed E-state index contributed by atoms with van der Waals surface area (Å²) >= 11 is 0. The number of rotatable bonds is 5. The number of hydrogen-bond acceptors (Lipinski definition) is 4. The van der Waals surface area contributed by atoms with Gasteiger partial charge >= 0.3 is 0 Å². The zero-order chi connectivity index (χ0) is 12.8. The largest absolute Gasteiger partial charge is 0.493 e. The Bertz CT molecular complexity index is 392. The summed E-state index contributed by atoms with van der Waals surface area (Å²) in [6, 6.07) is 5.08. The summed E-state index contributed by atoms with van der Waals surface area (Å²) in [5.41, 5.74) is 0.699. The normalized spacial score (nSPS) is 11.8. The molecule has 0 bridgehead atoms. The molecule has 0 fully saturated rings. The average molecular weight is 239 g/mol. The summed E-state index contributed by atoms with van der Waals surface area (Å²) in [4.78, 5) is 11.3. The first kappa shape index (κ1) is 13.3. The van der Waals surface area contributed by atoms with E-state index in [1.807, 2.05) is 0 Å². The molecule has 5 heteroatoms. The van der Waals surface area contributed by atoms with Crippen LogP contribution in [0.3, 0.4) is 0 Å². The third-order valence-corrected chi connectivity index (χ3v) is 2.33. The molecule has 0 heterocycles. The fraction of sp³-hybridized carbons (Fsp3) is 0.417. The van der Waals surface area contributed by atoms with Crippen molar-refractivity contribution in [1.82, 2.24) is 5.32 Å².